The summed E-state index contributed by atoms with van der Waals surface area (Å²) in [6, 6.07) is 17.1. The molecule has 0 aliphatic heterocycles. The minimum absolute atomic E-state index is 0.684. The summed E-state index contributed by atoms with van der Waals surface area (Å²) in [5.74, 6) is 0.737. The van der Waals surface area contributed by atoms with Crippen molar-refractivity contribution in [2.75, 3.05) is 0 Å². The molecule has 1 heteroatoms. The highest BCUT2D eigenvalue weighted by Gasteiger charge is 2.15. The summed E-state index contributed by atoms with van der Waals surface area (Å²) in [4.78, 5) is 0. The van der Waals surface area contributed by atoms with Crippen LogP contribution in [0.25, 0.3) is 17.2 Å². The quantitative estimate of drug-likeness (QED) is 0.687. The van der Waals surface area contributed by atoms with Crippen molar-refractivity contribution in [2.24, 2.45) is 0 Å². The van der Waals surface area contributed by atoms with Gasteiger partial charge in [-0.25, -0.2) is 0 Å². The van der Waals surface area contributed by atoms with Crippen LogP contribution in [0.1, 0.15) is 54.7 Å². The zero-order chi connectivity index (χ0) is 15.4. The van der Waals surface area contributed by atoms with E-state index in [9.17, 15) is 5.26 Å². The van der Waals surface area contributed by atoms with Crippen LogP contribution >= 0.6 is 0 Å². The molecule has 0 atom stereocenters. The van der Waals surface area contributed by atoms with Crippen LogP contribution in [0, 0.1) is 11.3 Å². The van der Waals surface area contributed by atoms with Gasteiger partial charge in [0.15, 0.2) is 0 Å². The summed E-state index contributed by atoms with van der Waals surface area (Å²) >= 11 is 0. The monoisotopic (exact) mass is 287 g/mol. The minimum atomic E-state index is 0.684. The van der Waals surface area contributed by atoms with Crippen LogP contribution in [0.2, 0.25) is 0 Å². The number of rotatable bonds is 3. The molecule has 1 fully saturated rings. The Kier molecular flexibility index (Phi) is 4.39. The normalized spacial score (nSPS) is 15.2. The summed E-state index contributed by atoms with van der Waals surface area (Å²) < 4.78 is 0. The van der Waals surface area contributed by atoms with E-state index >= 15 is 0 Å². The molecule has 110 valence electrons. The third-order valence-electron chi connectivity index (χ3n) is 4.71. The Balaban J connectivity index is 1.86. The maximum Gasteiger partial charge on any atom is 0.0998 e. The van der Waals surface area contributed by atoms with Gasteiger partial charge in [0, 0.05) is 0 Å². The third-order valence-corrected chi connectivity index (χ3v) is 4.71. The number of hydrogen-bond acceptors (Lipinski definition) is 1. The molecule has 0 heterocycles. The molecule has 1 aliphatic rings. The molecule has 0 unspecified atom stereocenters. The molecule has 22 heavy (non-hydrogen) atoms. The summed E-state index contributed by atoms with van der Waals surface area (Å²) in [6.07, 6.45) is 8.50. The van der Waals surface area contributed by atoms with Crippen LogP contribution in [-0.2, 0) is 0 Å². The zero-order valence-electron chi connectivity index (χ0n) is 12.9. The Morgan fingerprint density at radius 2 is 1.64 bits per heavy atom. The van der Waals surface area contributed by atoms with Gasteiger partial charge in [-0.2, -0.15) is 5.26 Å². The zero-order valence-corrected chi connectivity index (χ0v) is 12.9. The van der Waals surface area contributed by atoms with Gasteiger partial charge in [0.05, 0.1) is 11.6 Å². The molecule has 3 rings (SSSR count). The van der Waals surface area contributed by atoms with Gasteiger partial charge in [0.1, 0.15) is 0 Å². The van der Waals surface area contributed by atoms with E-state index in [1.165, 1.54) is 43.2 Å². The Labute approximate surface area is 132 Å². The summed E-state index contributed by atoms with van der Waals surface area (Å²) in [5, 5.41) is 9.24. The van der Waals surface area contributed by atoms with E-state index in [1.807, 2.05) is 12.1 Å². The number of benzene rings is 2. The Hall–Kier alpha value is -2.33. The van der Waals surface area contributed by atoms with Gasteiger partial charge in [-0.3, -0.25) is 0 Å². The molecule has 2 aromatic carbocycles. The van der Waals surface area contributed by atoms with E-state index in [4.69, 9.17) is 0 Å². The van der Waals surface area contributed by atoms with Crippen LogP contribution < -0.4 is 0 Å². The van der Waals surface area contributed by atoms with E-state index in [-0.39, 0.29) is 0 Å². The summed E-state index contributed by atoms with van der Waals surface area (Å²) in [6.45, 7) is 3.75. The van der Waals surface area contributed by atoms with Crippen molar-refractivity contribution in [2.45, 2.75) is 38.0 Å². The first-order valence-electron chi connectivity index (χ1n) is 8.09. The first-order chi connectivity index (χ1) is 10.8. The second-order valence-electron chi connectivity index (χ2n) is 6.07. The van der Waals surface area contributed by atoms with Gasteiger partial charge < -0.3 is 0 Å². The van der Waals surface area contributed by atoms with Crippen molar-refractivity contribution in [1.82, 2.24) is 0 Å². The van der Waals surface area contributed by atoms with Crippen LogP contribution in [0.5, 0.6) is 0 Å². The first-order valence-corrected chi connectivity index (χ1v) is 8.09. The Morgan fingerprint density at radius 1 is 0.955 bits per heavy atom. The lowest BCUT2D eigenvalue weighted by Crippen LogP contribution is -2.04. The second-order valence-corrected chi connectivity index (χ2v) is 6.07. The first kappa shape index (κ1) is 14.6. The van der Waals surface area contributed by atoms with Crippen LogP contribution in [0.4, 0.5) is 0 Å². The van der Waals surface area contributed by atoms with E-state index in [0.717, 1.165) is 17.0 Å². The van der Waals surface area contributed by atoms with E-state index in [1.54, 1.807) is 6.08 Å². The lowest BCUT2D eigenvalue weighted by atomic mass is 9.83. The fourth-order valence-electron chi connectivity index (χ4n) is 3.39. The molecule has 0 bridgehead atoms. The molecule has 0 aromatic heterocycles. The van der Waals surface area contributed by atoms with Gasteiger partial charge in [0.25, 0.3) is 0 Å². The average Bonchev–Trinajstić information content (AvgIpc) is 2.62. The van der Waals surface area contributed by atoms with E-state index in [2.05, 4.69) is 43.0 Å². The van der Waals surface area contributed by atoms with Crippen LogP contribution in [0.15, 0.2) is 49.0 Å². The fourth-order valence-corrected chi connectivity index (χ4v) is 3.39. The molecule has 0 N–H and O–H groups in total. The van der Waals surface area contributed by atoms with E-state index < -0.39 is 0 Å². The van der Waals surface area contributed by atoms with Crippen LogP contribution in [-0.4, -0.2) is 0 Å². The van der Waals surface area contributed by atoms with Crippen molar-refractivity contribution in [3.05, 3.63) is 65.7 Å². The minimum Gasteiger partial charge on any atom is -0.192 e. The highest BCUT2D eigenvalue weighted by atomic mass is 14.2. The molecular formula is C21H21N. The highest BCUT2D eigenvalue weighted by Crippen LogP contribution is 2.33. The average molecular weight is 287 g/mol. The van der Waals surface area contributed by atoms with Gasteiger partial charge in [-0.1, -0.05) is 68.3 Å². The number of nitrogens with zero attached hydrogens (tertiary/aromatic N) is 1. The smallest absolute Gasteiger partial charge is 0.0998 e. The maximum atomic E-state index is 9.24. The van der Waals surface area contributed by atoms with Crippen molar-refractivity contribution >= 4 is 6.08 Å². The highest BCUT2D eigenvalue weighted by molar-refractivity contribution is 5.69. The third kappa shape index (κ3) is 2.97. The van der Waals surface area contributed by atoms with Crippen molar-refractivity contribution in [3.63, 3.8) is 0 Å². The molecule has 1 saturated carbocycles. The van der Waals surface area contributed by atoms with Crippen LogP contribution in [0.3, 0.4) is 0 Å². The molecule has 0 saturated heterocycles. The van der Waals surface area contributed by atoms with Gasteiger partial charge >= 0.3 is 0 Å². The number of hydrogen-bond donors (Lipinski definition) is 0. The predicted molar refractivity (Wildman–Crippen MR) is 92.5 cm³/mol. The molecular weight excluding hydrogens is 266 g/mol. The van der Waals surface area contributed by atoms with Gasteiger partial charge in [0.2, 0.25) is 0 Å². The molecule has 2 aromatic rings. The van der Waals surface area contributed by atoms with E-state index in [0.29, 0.717) is 5.56 Å². The molecule has 1 aliphatic carbocycles. The second kappa shape index (κ2) is 6.62. The lowest BCUT2D eigenvalue weighted by molar-refractivity contribution is 0.443. The van der Waals surface area contributed by atoms with Crippen molar-refractivity contribution in [1.29, 1.82) is 5.26 Å². The Morgan fingerprint density at radius 3 is 2.27 bits per heavy atom. The summed E-state index contributed by atoms with van der Waals surface area (Å²) in [7, 11) is 0. The number of nitriles is 1. The van der Waals surface area contributed by atoms with Crippen molar-refractivity contribution < 1.29 is 0 Å². The Bertz CT molecular complexity index is 698. The van der Waals surface area contributed by atoms with Gasteiger partial charge in [-0.15, -0.1) is 0 Å². The summed E-state index contributed by atoms with van der Waals surface area (Å²) in [5.41, 5.74) is 5.31. The fraction of sp³-hybridized carbons (Fsp3) is 0.286. The molecule has 1 nitrogen and oxygen atoms in total. The molecule has 0 amide bonds. The lowest BCUT2D eigenvalue weighted by Gasteiger charge is -2.22. The largest absolute Gasteiger partial charge is 0.192 e. The molecule has 0 spiro atoms. The standard InChI is InChI=1S/C21H21N/c1-2-16-8-13-20(14-21(16)15-22)19-11-9-18(10-12-19)17-6-4-3-5-7-17/h2,8-14,17H,1,3-7H2. The predicted octanol–water partition coefficient (Wildman–Crippen LogP) is 5.92. The van der Waals surface area contributed by atoms with Gasteiger partial charge in [-0.05, 0) is 47.1 Å². The van der Waals surface area contributed by atoms with Crippen molar-refractivity contribution in [3.8, 4) is 17.2 Å². The SMILES string of the molecule is C=Cc1ccc(-c2ccc(C3CCCCC3)cc2)cc1C#N. The maximum absolute atomic E-state index is 9.24. The molecule has 0 radical (unpaired) electrons. The topological polar surface area (TPSA) is 23.8 Å².